The normalized spacial score (nSPS) is 17.3. The SMILES string of the molecule is Cc1c([C@@H](C)Nc2nnc(C)c3ccc(N4CCC(C)(N)CC4)cc23)cccc1C(F)(F)F. The molecule has 1 atom stereocenters. The number of nitrogens with one attached hydrogen (secondary N) is 1. The van der Waals surface area contributed by atoms with Crippen LogP contribution in [0, 0.1) is 13.8 Å². The van der Waals surface area contributed by atoms with Crippen molar-refractivity contribution < 1.29 is 13.2 Å². The largest absolute Gasteiger partial charge is 0.416 e. The molecule has 1 saturated heterocycles. The van der Waals surface area contributed by atoms with Crippen LogP contribution in [0.2, 0.25) is 0 Å². The van der Waals surface area contributed by atoms with Gasteiger partial charge in [0.15, 0.2) is 5.82 Å². The maximum absolute atomic E-state index is 13.4. The molecular formula is C25H30F3N5. The van der Waals surface area contributed by atoms with Gasteiger partial charge >= 0.3 is 6.18 Å². The molecule has 1 aliphatic heterocycles. The summed E-state index contributed by atoms with van der Waals surface area (Å²) >= 11 is 0. The zero-order valence-corrected chi connectivity index (χ0v) is 19.4. The minimum atomic E-state index is -4.39. The van der Waals surface area contributed by atoms with Crippen molar-refractivity contribution in [1.82, 2.24) is 10.2 Å². The lowest BCUT2D eigenvalue weighted by molar-refractivity contribution is -0.138. The number of piperidine rings is 1. The van der Waals surface area contributed by atoms with Crippen LogP contribution in [0.25, 0.3) is 10.8 Å². The predicted molar refractivity (Wildman–Crippen MR) is 127 cm³/mol. The van der Waals surface area contributed by atoms with Gasteiger partial charge in [-0.15, -0.1) is 5.10 Å². The van der Waals surface area contributed by atoms with E-state index in [4.69, 9.17) is 5.73 Å². The van der Waals surface area contributed by atoms with E-state index < -0.39 is 11.7 Å². The molecule has 0 aliphatic carbocycles. The number of hydrogen-bond donors (Lipinski definition) is 2. The second kappa shape index (κ2) is 8.48. The van der Waals surface area contributed by atoms with E-state index in [0.29, 0.717) is 11.4 Å². The van der Waals surface area contributed by atoms with Crippen LogP contribution >= 0.6 is 0 Å². The number of aromatic nitrogens is 2. The molecule has 0 radical (unpaired) electrons. The highest BCUT2D eigenvalue weighted by Gasteiger charge is 2.33. The van der Waals surface area contributed by atoms with E-state index in [1.54, 1.807) is 6.07 Å². The Hall–Kier alpha value is -2.87. The highest BCUT2D eigenvalue weighted by atomic mass is 19.4. The topological polar surface area (TPSA) is 67.1 Å². The van der Waals surface area contributed by atoms with Crippen molar-refractivity contribution in [3.8, 4) is 0 Å². The van der Waals surface area contributed by atoms with Crippen LogP contribution in [0.1, 0.15) is 55.1 Å². The molecule has 0 bridgehead atoms. The molecule has 4 rings (SSSR count). The van der Waals surface area contributed by atoms with Gasteiger partial charge in [-0.05, 0) is 69.9 Å². The number of anilines is 2. The Bertz CT molecular complexity index is 1160. The van der Waals surface area contributed by atoms with E-state index in [0.717, 1.165) is 54.2 Å². The van der Waals surface area contributed by atoms with Crippen molar-refractivity contribution in [2.45, 2.75) is 58.3 Å². The van der Waals surface area contributed by atoms with Crippen LogP contribution in [0.4, 0.5) is 24.7 Å². The van der Waals surface area contributed by atoms with Gasteiger partial charge in [-0.3, -0.25) is 0 Å². The van der Waals surface area contributed by atoms with E-state index in [9.17, 15) is 13.2 Å². The lowest BCUT2D eigenvalue weighted by atomic mass is 9.90. The van der Waals surface area contributed by atoms with E-state index in [-0.39, 0.29) is 17.1 Å². The lowest BCUT2D eigenvalue weighted by Gasteiger charge is -2.38. The number of halogens is 3. The first-order chi connectivity index (χ1) is 15.5. The lowest BCUT2D eigenvalue weighted by Crippen LogP contribution is -2.48. The van der Waals surface area contributed by atoms with E-state index in [1.165, 1.54) is 13.0 Å². The van der Waals surface area contributed by atoms with Gasteiger partial charge in [0.2, 0.25) is 0 Å². The molecule has 1 aromatic heterocycles. The molecule has 33 heavy (non-hydrogen) atoms. The van der Waals surface area contributed by atoms with Gasteiger partial charge < -0.3 is 16.0 Å². The van der Waals surface area contributed by atoms with Crippen LogP contribution < -0.4 is 16.0 Å². The van der Waals surface area contributed by atoms with E-state index in [1.807, 2.05) is 19.9 Å². The van der Waals surface area contributed by atoms with Gasteiger partial charge in [0.25, 0.3) is 0 Å². The molecule has 1 fully saturated rings. The third-order valence-electron chi connectivity index (χ3n) is 6.72. The summed E-state index contributed by atoms with van der Waals surface area (Å²) in [4.78, 5) is 2.31. The highest BCUT2D eigenvalue weighted by molar-refractivity contribution is 5.95. The quantitative estimate of drug-likeness (QED) is 0.522. The molecule has 2 aromatic carbocycles. The van der Waals surface area contributed by atoms with Crippen LogP contribution in [0.5, 0.6) is 0 Å². The molecular weight excluding hydrogens is 427 g/mol. The number of alkyl halides is 3. The highest BCUT2D eigenvalue weighted by Crippen LogP contribution is 2.36. The Balaban J connectivity index is 1.68. The maximum Gasteiger partial charge on any atom is 0.416 e. The van der Waals surface area contributed by atoms with Gasteiger partial charge in [-0.25, -0.2) is 0 Å². The zero-order valence-electron chi connectivity index (χ0n) is 19.4. The number of nitrogens with two attached hydrogens (primary N) is 1. The third-order valence-corrected chi connectivity index (χ3v) is 6.72. The molecule has 176 valence electrons. The number of hydrogen-bond acceptors (Lipinski definition) is 5. The Morgan fingerprint density at radius 3 is 2.42 bits per heavy atom. The summed E-state index contributed by atoms with van der Waals surface area (Å²) in [6, 6.07) is 10.1. The summed E-state index contributed by atoms with van der Waals surface area (Å²) in [5.41, 5.74) is 8.21. The monoisotopic (exact) mass is 457 g/mol. The van der Waals surface area contributed by atoms with Crippen molar-refractivity contribution in [3.63, 3.8) is 0 Å². The molecule has 3 aromatic rings. The minimum Gasteiger partial charge on any atom is -0.371 e. The number of benzene rings is 2. The summed E-state index contributed by atoms with van der Waals surface area (Å²) < 4.78 is 40.2. The van der Waals surface area contributed by atoms with Crippen molar-refractivity contribution in [1.29, 1.82) is 0 Å². The molecule has 0 saturated carbocycles. The molecule has 1 aliphatic rings. The second-order valence-electron chi connectivity index (χ2n) is 9.39. The average Bonchev–Trinajstić information content (AvgIpc) is 2.75. The van der Waals surface area contributed by atoms with Gasteiger partial charge in [-0.1, -0.05) is 18.2 Å². The van der Waals surface area contributed by atoms with Gasteiger partial charge in [0.1, 0.15) is 0 Å². The van der Waals surface area contributed by atoms with Gasteiger partial charge in [0.05, 0.1) is 17.3 Å². The first-order valence-electron chi connectivity index (χ1n) is 11.2. The van der Waals surface area contributed by atoms with Crippen molar-refractivity contribution in [2.75, 3.05) is 23.3 Å². The zero-order chi connectivity index (χ0) is 24.0. The standard InChI is InChI=1S/C25H30F3N5/c1-15-19(6-5-7-22(15)25(26,27)28)16(2)30-23-21-14-18(8-9-20(21)17(3)31-32-23)33-12-10-24(4,29)11-13-33/h5-9,14,16H,10-13,29H2,1-4H3,(H,30,32)/t16-/m1/s1. The fourth-order valence-corrected chi connectivity index (χ4v) is 4.57. The summed E-state index contributed by atoms with van der Waals surface area (Å²) in [6.45, 7) is 9.08. The first kappa shape index (κ1) is 23.3. The van der Waals surface area contributed by atoms with Crippen LogP contribution in [-0.4, -0.2) is 28.8 Å². The number of aryl methyl sites for hydroxylation is 1. The molecule has 0 unspecified atom stereocenters. The van der Waals surface area contributed by atoms with Gasteiger partial charge in [-0.2, -0.15) is 18.3 Å². The summed E-state index contributed by atoms with van der Waals surface area (Å²) in [5.74, 6) is 0.558. The number of fused-ring (bicyclic) bond motifs is 1. The number of nitrogens with zero attached hydrogens (tertiary/aromatic N) is 3. The van der Waals surface area contributed by atoms with E-state index in [2.05, 4.69) is 39.5 Å². The Morgan fingerprint density at radius 2 is 1.76 bits per heavy atom. The molecule has 0 amide bonds. The average molecular weight is 458 g/mol. The summed E-state index contributed by atoms with van der Waals surface area (Å²) in [6.07, 6.45) is -2.57. The molecule has 8 heteroatoms. The fourth-order valence-electron chi connectivity index (χ4n) is 4.57. The molecule has 0 spiro atoms. The molecule has 2 heterocycles. The Morgan fingerprint density at radius 1 is 1.06 bits per heavy atom. The molecule has 3 N–H and O–H groups in total. The summed E-state index contributed by atoms with van der Waals surface area (Å²) in [5, 5.41) is 13.8. The Kier molecular flexibility index (Phi) is 5.99. The van der Waals surface area contributed by atoms with Crippen molar-refractivity contribution in [2.24, 2.45) is 5.73 Å². The van der Waals surface area contributed by atoms with Crippen molar-refractivity contribution in [3.05, 3.63) is 58.8 Å². The number of rotatable bonds is 4. The van der Waals surface area contributed by atoms with Crippen LogP contribution in [0.15, 0.2) is 36.4 Å². The van der Waals surface area contributed by atoms with Gasteiger partial charge in [0, 0.05) is 35.1 Å². The van der Waals surface area contributed by atoms with Crippen LogP contribution in [0.3, 0.4) is 0 Å². The van der Waals surface area contributed by atoms with Crippen molar-refractivity contribution >= 4 is 22.3 Å². The van der Waals surface area contributed by atoms with E-state index >= 15 is 0 Å². The third kappa shape index (κ3) is 4.76. The van der Waals surface area contributed by atoms with Crippen LogP contribution in [-0.2, 0) is 6.18 Å². The second-order valence-corrected chi connectivity index (χ2v) is 9.39. The Labute approximate surface area is 192 Å². The maximum atomic E-state index is 13.4. The summed E-state index contributed by atoms with van der Waals surface area (Å²) in [7, 11) is 0. The fraction of sp³-hybridized carbons (Fsp3) is 0.440. The first-order valence-corrected chi connectivity index (χ1v) is 11.2. The smallest absolute Gasteiger partial charge is 0.371 e. The molecule has 5 nitrogen and oxygen atoms in total. The minimum absolute atomic E-state index is 0.139. The predicted octanol–water partition coefficient (Wildman–Crippen LogP) is 5.76.